The standard InChI is InChI=1S/C18H21NO4S/c1-3-22-18(20)16-14-6-4-5-7-15(14)24-17(16)19-10-12-8-9-13(23-12)11-21-2/h8-10H,3-7,11H2,1-2H3. The highest BCUT2D eigenvalue weighted by Gasteiger charge is 2.26. The van der Waals surface area contributed by atoms with Gasteiger partial charge in [0.1, 0.15) is 23.1 Å². The normalized spacial score (nSPS) is 14.1. The number of methoxy groups -OCH3 is 1. The number of fused-ring (bicyclic) bond motifs is 1. The number of aliphatic imine (C=N–C) groups is 1. The van der Waals surface area contributed by atoms with Crippen molar-refractivity contribution in [2.24, 2.45) is 4.99 Å². The van der Waals surface area contributed by atoms with Crippen LogP contribution in [0.2, 0.25) is 0 Å². The number of rotatable bonds is 6. The molecule has 0 aliphatic heterocycles. The van der Waals surface area contributed by atoms with E-state index in [1.54, 1.807) is 24.7 Å². The van der Waals surface area contributed by atoms with Gasteiger partial charge in [0, 0.05) is 12.0 Å². The number of nitrogens with zero attached hydrogens (tertiary/aromatic N) is 1. The Hall–Kier alpha value is -1.92. The van der Waals surface area contributed by atoms with Crippen molar-refractivity contribution in [3.05, 3.63) is 39.7 Å². The topological polar surface area (TPSA) is 61.0 Å². The highest BCUT2D eigenvalue weighted by molar-refractivity contribution is 7.16. The number of thiophene rings is 1. The summed E-state index contributed by atoms with van der Waals surface area (Å²) in [5.74, 6) is 1.11. The van der Waals surface area contributed by atoms with Gasteiger partial charge in [-0.15, -0.1) is 11.3 Å². The Kier molecular flexibility index (Phi) is 5.48. The molecule has 1 aliphatic carbocycles. The van der Waals surface area contributed by atoms with Crippen LogP contribution < -0.4 is 0 Å². The molecule has 0 aromatic carbocycles. The van der Waals surface area contributed by atoms with Crippen molar-refractivity contribution in [3.8, 4) is 0 Å². The fraction of sp³-hybridized carbons (Fsp3) is 0.444. The molecule has 1 aliphatic rings. The van der Waals surface area contributed by atoms with Gasteiger partial charge < -0.3 is 13.9 Å². The van der Waals surface area contributed by atoms with E-state index in [9.17, 15) is 4.79 Å². The lowest BCUT2D eigenvalue weighted by Crippen LogP contribution is -2.09. The predicted molar refractivity (Wildman–Crippen MR) is 93.6 cm³/mol. The fourth-order valence-corrected chi connectivity index (χ4v) is 4.08. The predicted octanol–water partition coefficient (Wildman–Crippen LogP) is 4.29. The second kappa shape index (κ2) is 7.77. The Labute approximate surface area is 145 Å². The van der Waals surface area contributed by atoms with Gasteiger partial charge in [0.15, 0.2) is 0 Å². The average Bonchev–Trinajstić information content (AvgIpc) is 3.17. The summed E-state index contributed by atoms with van der Waals surface area (Å²) in [6.07, 6.45) is 5.86. The molecule has 0 bridgehead atoms. The summed E-state index contributed by atoms with van der Waals surface area (Å²) in [6, 6.07) is 3.70. The van der Waals surface area contributed by atoms with Crippen LogP contribution in [0.5, 0.6) is 0 Å². The van der Waals surface area contributed by atoms with Gasteiger partial charge in [0.2, 0.25) is 0 Å². The molecule has 0 fully saturated rings. The van der Waals surface area contributed by atoms with Crippen molar-refractivity contribution < 1.29 is 18.7 Å². The van der Waals surface area contributed by atoms with Gasteiger partial charge in [-0.2, -0.15) is 0 Å². The van der Waals surface area contributed by atoms with Crippen LogP contribution in [0.15, 0.2) is 21.5 Å². The molecule has 0 saturated heterocycles. The third-order valence-corrected chi connectivity index (χ3v) is 5.11. The minimum atomic E-state index is -0.274. The van der Waals surface area contributed by atoms with E-state index in [2.05, 4.69) is 4.99 Å². The highest BCUT2D eigenvalue weighted by atomic mass is 32.1. The minimum Gasteiger partial charge on any atom is -0.462 e. The van der Waals surface area contributed by atoms with Crippen LogP contribution in [0.4, 0.5) is 5.00 Å². The Balaban J connectivity index is 1.89. The van der Waals surface area contributed by atoms with E-state index in [4.69, 9.17) is 13.9 Å². The van der Waals surface area contributed by atoms with Crippen LogP contribution in [0.25, 0.3) is 0 Å². The fourth-order valence-electron chi connectivity index (χ4n) is 2.86. The molecule has 128 valence electrons. The van der Waals surface area contributed by atoms with Crippen molar-refractivity contribution >= 4 is 28.5 Å². The number of hydrogen-bond donors (Lipinski definition) is 0. The maximum Gasteiger partial charge on any atom is 0.341 e. The first-order valence-corrected chi connectivity index (χ1v) is 8.98. The lowest BCUT2D eigenvalue weighted by molar-refractivity contribution is 0.0526. The van der Waals surface area contributed by atoms with Gasteiger partial charge >= 0.3 is 5.97 Å². The van der Waals surface area contributed by atoms with Gasteiger partial charge in [0.25, 0.3) is 0 Å². The quantitative estimate of drug-likeness (QED) is 0.577. The molecule has 2 aromatic rings. The van der Waals surface area contributed by atoms with Crippen LogP contribution in [-0.4, -0.2) is 25.9 Å². The number of carbonyl (C=O) groups excluding carboxylic acids is 1. The van der Waals surface area contributed by atoms with Crippen molar-refractivity contribution in [1.82, 2.24) is 0 Å². The van der Waals surface area contributed by atoms with Crippen molar-refractivity contribution in [2.75, 3.05) is 13.7 Å². The van der Waals surface area contributed by atoms with Crippen LogP contribution in [0.3, 0.4) is 0 Å². The third kappa shape index (κ3) is 3.60. The monoisotopic (exact) mass is 347 g/mol. The molecule has 0 radical (unpaired) electrons. The first kappa shape index (κ1) is 16.9. The molecule has 0 N–H and O–H groups in total. The average molecular weight is 347 g/mol. The molecule has 3 rings (SSSR count). The van der Waals surface area contributed by atoms with E-state index in [0.29, 0.717) is 29.5 Å². The molecular weight excluding hydrogens is 326 g/mol. The molecule has 0 spiro atoms. The zero-order valence-electron chi connectivity index (χ0n) is 14.0. The Morgan fingerprint density at radius 2 is 2.21 bits per heavy atom. The van der Waals surface area contributed by atoms with E-state index >= 15 is 0 Å². The van der Waals surface area contributed by atoms with E-state index in [0.717, 1.165) is 37.0 Å². The molecule has 0 amide bonds. The molecule has 0 atom stereocenters. The summed E-state index contributed by atoms with van der Waals surface area (Å²) in [5.41, 5.74) is 1.76. The number of carbonyl (C=O) groups is 1. The second-order valence-corrected chi connectivity index (χ2v) is 6.69. The highest BCUT2D eigenvalue weighted by Crippen LogP contribution is 2.40. The summed E-state index contributed by atoms with van der Waals surface area (Å²) in [4.78, 5) is 18.1. The molecule has 0 unspecified atom stereocenters. The van der Waals surface area contributed by atoms with E-state index in [1.807, 2.05) is 19.1 Å². The van der Waals surface area contributed by atoms with Crippen LogP contribution in [0.1, 0.15) is 52.1 Å². The summed E-state index contributed by atoms with van der Waals surface area (Å²) in [6.45, 7) is 2.61. The molecule has 24 heavy (non-hydrogen) atoms. The number of furan rings is 1. The molecule has 2 aromatic heterocycles. The summed E-state index contributed by atoms with van der Waals surface area (Å²) < 4.78 is 15.9. The summed E-state index contributed by atoms with van der Waals surface area (Å²) >= 11 is 1.59. The molecular formula is C18H21NO4S. The molecule has 0 saturated carbocycles. The van der Waals surface area contributed by atoms with E-state index in [-0.39, 0.29) is 5.97 Å². The van der Waals surface area contributed by atoms with Crippen molar-refractivity contribution in [2.45, 2.75) is 39.2 Å². The van der Waals surface area contributed by atoms with Gasteiger partial charge in [-0.25, -0.2) is 9.79 Å². The Morgan fingerprint density at radius 1 is 1.38 bits per heavy atom. The molecule has 2 heterocycles. The zero-order valence-corrected chi connectivity index (χ0v) is 14.8. The number of ether oxygens (including phenoxy) is 2. The number of aryl methyl sites for hydroxylation is 1. The smallest absolute Gasteiger partial charge is 0.341 e. The number of hydrogen-bond acceptors (Lipinski definition) is 6. The third-order valence-electron chi connectivity index (χ3n) is 3.91. The SMILES string of the molecule is CCOC(=O)c1c(N=Cc2ccc(COC)o2)sc2c1CCCC2. The van der Waals surface area contributed by atoms with Crippen molar-refractivity contribution in [1.29, 1.82) is 0 Å². The van der Waals surface area contributed by atoms with Gasteiger partial charge in [-0.3, -0.25) is 0 Å². The van der Waals surface area contributed by atoms with Gasteiger partial charge in [-0.1, -0.05) is 0 Å². The van der Waals surface area contributed by atoms with Gasteiger partial charge in [-0.05, 0) is 50.3 Å². The van der Waals surface area contributed by atoms with Gasteiger partial charge in [0.05, 0.1) is 18.4 Å². The second-order valence-electron chi connectivity index (χ2n) is 5.61. The maximum absolute atomic E-state index is 12.4. The van der Waals surface area contributed by atoms with E-state index in [1.165, 1.54) is 4.88 Å². The summed E-state index contributed by atoms with van der Waals surface area (Å²) in [5, 5.41) is 0.713. The largest absolute Gasteiger partial charge is 0.462 e. The minimum absolute atomic E-state index is 0.274. The summed E-state index contributed by atoms with van der Waals surface area (Å²) in [7, 11) is 1.62. The maximum atomic E-state index is 12.4. The lowest BCUT2D eigenvalue weighted by Gasteiger charge is -2.11. The molecule has 5 nitrogen and oxygen atoms in total. The lowest BCUT2D eigenvalue weighted by atomic mass is 9.95. The van der Waals surface area contributed by atoms with Crippen LogP contribution in [-0.2, 0) is 28.9 Å². The Morgan fingerprint density at radius 3 is 3.00 bits per heavy atom. The zero-order chi connectivity index (χ0) is 16.9. The Bertz CT molecular complexity index is 744. The van der Waals surface area contributed by atoms with Crippen LogP contribution >= 0.6 is 11.3 Å². The molecule has 6 heteroatoms. The van der Waals surface area contributed by atoms with Crippen molar-refractivity contribution in [3.63, 3.8) is 0 Å². The van der Waals surface area contributed by atoms with Crippen LogP contribution in [0, 0.1) is 0 Å². The first-order valence-electron chi connectivity index (χ1n) is 8.16. The number of esters is 1. The van der Waals surface area contributed by atoms with E-state index < -0.39 is 0 Å². The first-order chi connectivity index (χ1) is 11.7.